The van der Waals surface area contributed by atoms with Crippen LogP contribution in [0.15, 0.2) is 72.8 Å². The fourth-order valence-corrected chi connectivity index (χ4v) is 4.15. The van der Waals surface area contributed by atoms with E-state index >= 15 is 0 Å². The molecule has 170 valence electrons. The van der Waals surface area contributed by atoms with Crippen molar-refractivity contribution in [2.75, 3.05) is 13.2 Å². The fraction of sp³-hybridized carbons (Fsp3) is 0.286. The van der Waals surface area contributed by atoms with Crippen LogP contribution in [-0.4, -0.2) is 28.6 Å². The smallest absolute Gasteiger partial charge is 0.224 e. The monoisotopic (exact) mass is 441 g/mol. The van der Waals surface area contributed by atoms with Crippen molar-refractivity contribution in [3.63, 3.8) is 0 Å². The van der Waals surface area contributed by atoms with Crippen molar-refractivity contribution < 1.29 is 9.53 Å². The lowest BCUT2D eigenvalue weighted by molar-refractivity contribution is -0.120. The molecule has 0 unspecified atom stereocenters. The highest BCUT2D eigenvalue weighted by atomic mass is 16.5. The van der Waals surface area contributed by atoms with Crippen LogP contribution in [0.3, 0.4) is 0 Å². The lowest BCUT2D eigenvalue weighted by Crippen LogP contribution is -2.26. The summed E-state index contributed by atoms with van der Waals surface area (Å²) in [4.78, 5) is 17.1. The number of aromatic nitrogens is 2. The Bertz CT molecular complexity index is 1190. The van der Waals surface area contributed by atoms with E-state index in [9.17, 15) is 4.79 Å². The van der Waals surface area contributed by atoms with Crippen LogP contribution in [-0.2, 0) is 24.2 Å². The quantitative estimate of drug-likeness (QED) is 0.352. The molecule has 0 saturated heterocycles. The lowest BCUT2D eigenvalue weighted by atomic mass is 10.1. The Hall–Kier alpha value is -3.60. The molecule has 0 bridgehead atoms. The van der Waals surface area contributed by atoms with Crippen molar-refractivity contribution >= 4 is 16.9 Å². The van der Waals surface area contributed by atoms with E-state index in [2.05, 4.69) is 48.0 Å². The largest absolute Gasteiger partial charge is 0.491 e. The van der Waals surface area contributed by atoms with Gasteiger partial charge in [-0.05, 0) is 49.1 Å². The number of fused-ring (bicyclic) bond motifs is 1. The van der Waals surface area contributed by atoms with Crippen LogP contribution in [0.4, 0.5) is 0 Å². The number of nitrogens with zero attached hydrogens (tertiary/aromatic N) is 2. The van der Waals surface area contributed by atoms with Gasteiger partial charge in [0.1, 0.15) is 18.2 Å². The van der Waals surface area contributed by atoms with Crippen molar-refractivity contribution in [3.05, 3.63) is 95.3 Å². The van der Waals surface area contributed by atoms with Gasteiger partial charge in [0.2, 0.25) is 5.91 Å². The van der Waals surface area contributed by atoms with Gasteiger partial charge in [-0.25, -0.2) is 4.98 Å². The molecule has 1 aromatic heterocycles. The SMILES string of the molecule is Cc1cccc(C)c1OCCn1c(CCCNC(=O)Cc2ccccc2)nc2ccccc21. The van der Waals surface area contributed by atoms with Crippen LogP contribution in [0.2, 0.25) is 0 Å². The molecule has 5 nitrogen and oxygen atoms in total. The first-order valence-corrected chi connectivity index (χ1v) is 11.6. The summed E-state index contributed by atoms with van der Waals surface area (Å²) in [5.74, 6) is 2.04. The number of hydrogen-bond donors (Lipinski definition) is 1. The highest BCUT2D eigenvalue weighted by Crippen LogP contribution is 2.23. The molecule has 0 aliphatic carbocycles. The summed E-state index contributed by atoms with van der Waals surface area (Å²) >= 11 is 0. The van der Waals surface area contributed by atoms with Crippen molar-refractivity contribution in [3.8, 4) is 5.75 Å². The first-order valence-electron chi connectivity index (χ1n) is 11.6. The van der Waals surface area contributed by atoms with E-state index in [1.807, 2.05) is 48.5 Å². The number of amides is 1. The molecule has 0 fully saturated rings. The second-order valence-corrected chi connectivity index (χ2v) is 8.35. The summed E-state index contributed by atoms with van der Waals surface area (Å²) in [7, 11) is 0. The minimum absolute atomic E-state index is 0.0525. The number of hydrogen-bond acceptors (Lipinski definition) is 3. The number of rotatable bonds is 10. The minimum atomic E-state index is 0.0525. The number of benzene rings is 3. The maximum atomic E-state index is 12.2. The molecular weight excluding hydrogens is 410 g/mol. The predicted octanol–water partition coefficient (Wildman–Crippen LogP) is 5.02. The maximum Gasteiger partial charge on any atom is 0.224 e. The second kappa shape index (κ2) is 10.8. The summed E-state index contributed by atoms with van der Waals surface area (Å²) in [6.45, 7) is 6.09. The van der Waals surface area contributed by atoms with E-state index in [0.29, 0.717) is 19.6 Å². The third kappa shape index (κ3) is 5.80. The average Bonchev–Trinajstić information content (AvgIpc) is 3.17. The van der Waals surface area contributed by atoms with Gasteiger partial charge in [-0.15, -0.1) is 0 Å². The van der Waals surface area contributed by atoms with E-state index in [-0.39, 0.29) is 5.91 Å². The van der Waals surface area contributed by atoms with E-state index in [1.165, 1.54) is 0 Å². The Kier molecular flexibility index (Phi) is 7.40. The summed E-state index contributed by atoms with van der Waals surface area (Å²) in [5, 5.41) is 3.03. The molecular formula is C28H31N3O2. The van der Waals surface area contributed by atoms with E-state index in [1.54, 1.807) is 0 Å². The third-order valence-corrected chi connectivity index (χ3v) is 5.81. The van der Waals surface area contributed by atoms with Crippen LogP contribution in [0, 0.1) is 13.8 Å². The zero-order valence-corrected chi connectivity index (χ0v) is 19.4. The first kappa shape index (κ1) is 22.6. The number of carbonyl (C=O) groups is 1. The summed E-state index contributed by atoms with van der Waals surface area (Å²) in [6, 6.07) is 24.2. The molecule has 0 radical (unpaired) electrons. The number of nitrogens with one attached hydrogen (secondary N) is 1. The Morgan fingerprint density at radius 3 is 2.45 bits per heavy atom. The molecule has 5 heteroatoms. The fourth-order valence-electron chi connectivity index (χ4n) is 4.15. The molecule has 3 aromatic carbocycles. The van der Waals surface area contributed by atoms with Gasteiger partial charge in [-0.2, -0.15) is 0 Å². The Morgan fingerprint density at radius 2 is 1.67 bits per heavy atom. The molecule has 33 heavy (non-hydrogen) atoms. The second-order valence-electron chi connectivity index (χ2n) is 8.35. The van der Waals surface area contributed by atoms with Crippen molar-refractivity contribution in [1.82, 2.24) is 14.9 Å². The summed E-state index contributed by atoms with van der Waals surface area (Å²) in [5.41, 5.74) is 5.44. The summed E-state index contributed by atoms with van der Waals surface area (Å²) < 4.78 is 8.40. The molecule has 1 N–H and O–H groups in total. The van der Waals surface area contributed by atoms with Crippen LogP contribution >= 0.6 is 0 Å². The number of para-hydroxylation sites is 3. The Morgan fingerprint density at radius 1 is 0.939 bits per heavy atom. The zero-order valence-electron chi connectivity index (χ0n) is 19.4. The summed E-state index contributed by atoms with van der Waals surface area (Å²) in [6.07, 6.45) is 2.04. The third-order valence-electron chi connectivity index (χ3n) is 5.81. The Labute approximate surface area is 195 Å². The van der Waals surface area contributed by atoms with Crippen molar-refractivity contribution in [2.24, 2.45) is 0 Å². The van der Waals surface area contributed by atoms with Crippen molar-refractivity contribution in [2.45, 2.75) is 39.7 Å². The molecule has 0 aliphatic heterocycles. The molecule has 4 aromatic rings. The molecule has 1 amide bonds. The van der Waals surface area contributed by atoms with Gasteiger partial charge in [0, 0.05) is 13.0 Å². The van der Waals surface area contributed by atoms with Gasteiger partial charge in [0.05, 0.1) is 24.0 Å². The topological polar surface area (TPSA) is 56.1 Å². The van der Waals surface area contributed by atoms with Gasteiger partial charge in [0.15, 0.2) is 0 Å². The van der Waals surface area contributed by atoms with Gasteiger partial charge in [0.25, 0.3) is 0 Å². The molecule has 0 saturated carbocycles. The van der Waals surface area contributed by atoms with E-state index < -0.39 is 0 Å². The molecule has 0 spiro atoms. The van der Waals surface area contributed by atoms with Gasteiger partial charge < -0.3 is 14.6 Å². The highest BCUT2D eigenvalue weighted by Gasteiger charge is 2.11. The van der Waals surface area contributed by atoms with Crippen molar-refractivity contribution in [1.29, 1.82) is 0 Å². The van der Waals surface area contributed by atoms with Crippen LogP contribution in [0.5, 0.6) is 5.75 Å². The lowest BCUT2D eigenvalue weighted by Gasteiger charge is -2.14. The number of carbonyl (C=O) groups excluding carboxylic acids is 1. The number of imidazole rings is 1. The van der Waals surface area contributed by atoms with Crippen LogP contribution in [0.25, 0.3) is 11.0 Å². The standard InChI is InChI=1S/C28H31N3O2/c1-21-10-8-11-22(2)28(21)33-19-18-31-25-15-7-6-14-24(25)30-26(31)16-9-17-29-27(32)20-23-12-4-3-5-13-23/h3-8,10-15H,9,16-20H2,1-2H3,(H,29,32). The minimum Gasteiger partial charge on any atom is -0.491 e. The molecule has 4 rings (SSSR count). The zero-order chi connectivity index (χ0) is 23.0. The first-order chi connectivity index (χ1) is 16.1. The normalized spacial score (nSPS) is 11.0. The molecule has 0 atom stereocenters. The van der Waals surface area contributed by atoms with E-state index in [0.717, 1.165) is 58.7 Å². The van der Waals surface area contributed by atoms with Crippen LogP contribution < -0.4 is 10.1 Å². The van der Waals surface area contributed by atoms with Crippen LogP contribution in [0.1, 0.15) is 28.9 Å². The molecule has 1 heterocycles. The van der Waals surface area contributed by atoms with E-state index in [4.69, 9.17) is 9.72 Å². The molecule has 0 aliphatic rings. The maximum absolute atomic E-state index is 12.2. The van der Waals surface area contributed by atoms with Gasteiger partial charge in [-0.3, -0.25) is 4.79 Å². The van der Waals surface area contributed by atoms with Gasteiger partial charge >= 0.3 is 0 Å². The average molecular weight is 442 g/mol. The van der Waals surface area contributed by atoms with Gasteiger partial charge in [-0.1, -0.05) is 60.7 Å². The Balaban J connectivity index is 1.35. The number of ether oxygens (including phenoxy) is 1. The highest BCUT2D eigenvalue weighted by molar-refractivity contribution is 5.78. The number of aryl methyl sites for hydroxylation is 3. The predicted molar refractivity (Wildman–Crippen MR) is 133 cm³/mol.